The molecule has 0 saturated heterocycles. The molecule has 1 aromatic carbocycles. The molecule has 5 nitrogen and oxygen atoms in total. The molecular formula is C11H15Cl2N3O2. The first kappa shape index (κ1) is 14.9. The van der Waals surface area contributed by atoms with Crippen molar-refractivity contribution in [3.05, 3.63) is 18.0 Å². The molecule has 0 atom stereocenters. The minimum absolute atomic E-state index is 0. The van der Waals surface area contributed by atoms with E-state index in [1.807, 2.05) is 12.1 Å². The summed E-state index contributed by atoms with van der Waals surface area (Å²) in [4.78, 5) is 7.66. The van der Waals surface area contributed by atoms with Gasteiger partial charge in [-0.1, -0.05) is 0 Å². The molecule has 2 aromatic rings. The van der Waals surface area contributed by atoms with Crippen molar-refractivity contribution in [1.29, 1.82) is 0 Å². The Balaban J connectivity index is 0.000000810. The summed E-state index contributed by atoms with van der Waals surface area (Å²) in [6.07, 6.45) is 0.751. The molecule has 3 N–H and O–H groups in total. The van der Waals surface area contributed by atoms with Gasteiger partial charge in [0.2, 0.25) is 0 Å². The molecule has 0 unspecified atom stereocenters. The Labute approximate surface area is 117 Å². The molecule has 1 aromatic heterocycles. The van der Waals surface area contributed by atoms with Crippen LogP contribution in [0.3, 0.4) is 0 Å². The normalized spacial score (nSPS) is 12.7. The topological polar surface area (TPSA) is 73.2 Å². The Bertz CT molecular complexity index is 487. The number of fused-ring (bicyclic) bond motifs is 2. The van der Waals surface area contributed by atoms with E-state index in [0.717, 1.165) is 34.8 Å². The molecule has 100 valence electrons. The SMILES string of the molecule is Cl.Cl.NCCc1nc2cc3c(cc2[nH]1)OCCO3. The summed E-state index contributed by atoms with van der Waals surface area (Å²) in [6, 6.07) is 3.83. The number of halogens is 2. The summed E-state index contributed by atoms with van der Waals surface area (Å²) in [6.45, 7) is 1.79. The minimum Gasteiger partial charge on any atom is -0.486 e. The van der Waals surface area contributed by atoms with E-state index in [1.54, 1.807) is 0 Å². The van der Waals surface area contributed by atoms with E-state index in [-0.39, 0.29) is 24.8 Å². The molecule has 0 aliphatic carbocycles. The lowest BCUT2D eigenvalue weighted by atomic mass is 10.2. The third-order valence-electron chi connectivity index (χ3n) is 2.58. The van der Waals surface area contributed by atoms with E-state index in [4.69, 9.17) is 15.2 Å². The fourth-order valence-electron chi connectivity index (χ4n) is 1.85. The maximum Gasteiger partial charge on any atom is 0.163 e. The average molecular weight is 292 g/mol. The molecule has 0 spiro atoms. The van der Waals surface area contributed by atoms with E-state index >= 15 is 0 Å². The van der Waals surface area contributed by atoms with Gasteiger partial charge in [-0.25, -0.2) is 4.98 Å². The first-order valence-corrected chi connectivity index (χ1v) is 5.35. The van der Waals surface area contributed by atoms with E-state index in [1.165, 1.54) is 0 Å². The van der Waals surface area contributed by atoms with Crippen LogP contribution in [-0.4, -0.2) is 29.7 Å². The van der Waals surface area contributed by atoms with E-state index in [9.17, 15) is 0 Å². The van der Waals surface area contributed by atoms with Crippen LogP contribution in [0.15, 0.2) is 12.1 Å². The van der Waals surface area contributed by atoms with Crippen molar-refractivity contribution in [2.24, 2.45) is 5.73 Å². The van der Waals surface area contributed by atoms with Crippen LogP contribution in [-0.2, 0) is 6.42 Å². The Morgan fingerprint density at radius 1 is 1.17 bits per heavy atom. The molecule has 0 bridgehead atoms. The molecular weight excluding hydrogens is 277 g/mol. The molecule has 7 heteroatoms. The summed E-state index contributed by atoms with van der Waals surface area (Å²) in [5.41, 5.74) is 7.36. The van der Waals surface area contributed by atoms with E-state index in [2.05, 4.69) is 9.97 Å². The minimum atomic E-state index is 0. The number of hydrogen-bond acceptors (Lipinski definition) is 4. The van der Waals surface area contributed by atoms with E-state index < -0.39 is 0 Å². The highest BCUT2D eigenvalue weighted by atomic mass is 35.5. The second-order valence-electron chi connectivity index (χ2n) is 3.74. The van der Waals surface area contributed by atoms with Crippen molar-refractivity contribution < 1.29 is 9.47 Å². The van der Waals surface area contributed by atoms with Crippen molar-refractivity contribution in [1.82, 2.24) is 9.97 Å². The van der Waals surface area contributed by atoms with Gasteiger partial charge in [0.1, 0.15) is 19.0 Å². The zero-order valence-electron chi connectivity index (χ0n) is 9.64. The van der Waals surface area contributed by atoms with Gasteiger partial charge < -0.3 is 20.2 Å². The molecule has 1 aliphatic rings. The quantitative estimate of drug-likeness (QED) is 0.883. The standard InChI is InChI=1S/C11H13N3O2.2ClH/c12-2-1-11-13-7-5-9-10(6-8(7)14-11)16-4-3-15-9;;/h5-6H,1-4,12H2,(H,13,14);2*1H. The molecule has 0 amide bonds. The zero-order chi connectivity index (χ0) is 11.0. The van der Waals surface area contributed by atoms with Crippen molar-refractivity contribution in [2.45, 2.75) is 6.42 Å². The van der Waals surface area contributed by atoms with Crippen LogP contribution in [0.1, 0.15) is 5.82 Å². The maximum absolute atomic E-state index is 5.50. The maximum atomic E-state index is 5.50. The molecule has 18 heavy (non-hydrogen) atoms. The van der Waals surface area contributed by atoms with Crippen LogP contribution in [0.2, 0.25) is 0 Å². The number of imidazole rings is 1. The summed E-state index contributed by atoms with van der Waals surface area (Å²) >= 11 is 0. The van der Waals surface area contributed by atoms with Crippen molar-refractivity contribution in [3.8, 4) is 11.5 Å². The number of hydrogen-bond donors (Lipinski definition) is 2. The number of aromatic amines is 1. The van der Waals surface area contributed by atoms with Gasteiger partial charge in [0.25, 0.3) is 0 Å². The van der Waals surface area contributed by atoms with Crippen molar-refractivity contribution in [3.63, 3.8) is 0 Å². The predicted molar refractivity (Wildman–Crippen MR) is 74.3 cm³/mol. The van der Waals surface area contributed by atoms with Crippen LogP contribution < -0.4 is 15.2 Å². The fourth-order valence-corrected chi connectivity index (χ4v) is 1.85. The van der Waals surface area contributed by atoms with Crippen molar-refractivity contribution in [2.75, 3.05) is 19.8 Å². The highest BCUT2D eigenvalue weighted by Crippen LogP contribution is 2.33. The van der Waals surface area contributed by atoms with E-state index in [0.29, 0.717) is 19.8 Å². The highest BCUT2D eigenvalue weighted by molar-refractivity contribution is 5.85. The predicted octanol–water partition coefficient (Wildman–Crippen LogP) is 1.68. The van der Waals surface area contributed by atoms with Gasteiger partial charge in [-0.3, -0.25) is 0 Å². The lowest BCUT2D eigenvalue weighted by molar-refractivity contribution is 0.172. The van der Waals surface area contributed by atoms with Gasteiger partial charge in [0.05, 0.1) is 11.0 Å². The summed E-state index contributed by atoms with van der Waals surface area (Å²) in [5.74, 6) is 2.45. The number of nitrogens with two attached hydrogens (primary N) is 1. The largest absolute Gasteiger partial charge is 0.486 e. The number of nitrogens with zero attached hydrogens (tertiary/aromatic N) is 1. The van der Waals surface area contributed by atoms with Gasteiger partial charge in [-0.05, 0) is 6.54 Å². The molecule has 3 rings (SSSR count). The molecule has 2 heterocycles. The van der Waals surface area contributed by atoms with Gasteiger partial charge in [0.15, 0.2) is 11.5 Å². The molecule has 0 saturated carbocycles. The lowest BCUT2D eigenvalue weighted by Crippen LogP contribution is -2.15. The summed E-state index contributed by atoms with van der Waals surface area (Å²) in [7, 11) is 0. The third kappa shape index (κ3) is 2.63. The number of H-pyrrole nitrogens is 1. The lowest BCUT2D eigenvalue weighted by Gasteiger charge is -2.17. The Kier molecular flexibility index (Phi) is 5.07. The molecule has 1 aliphatic heterocycles. The van der Waals surface area contributed by atoms with Crippen LogP contribution >= 0.6 is 24.8 Å². The third-order valence-corrected chi connectivity index (χ3v) is 2.58. The van der Waals surface area contributed by atoms with Crippen LogP contribution in [0.25, 0.3) is 11.0 Å². The monoisotopic (exact) mass is 291 g/mol. The van der Waals surface area contributed by atoms with Gasteiger partial charge >= 0.3 is 0 Å². The second kappa shape index (κ2) is 6.13. The number of ether oxygens (including phenoxy) is 2. The number of nitrogens with one attached hydrogen (secondary N) is 1. The molecule has 0 radical (unpaired) electrons. The molecule has 0 fully saturated rings. The second-order valence-corrected chi connectivity index (χ2v) is 3.74. The van der Waals surface area contributed by atoms with Gasteiger partial charge in [0, 0.05) is 18.6 Å². The van der Waals surface area contributed by atoms with Gasteiger partial charge in [-0.2, -0.15) is 0 Å². The van der Waals surface area contributed by atoms with Crippen LogP contribution in [0.4, 0.5) is 0 Å². The first-order valence-electron chi connectivity index (χ1n) is 5.35. The number of aromatic nitrogens is 2. The van der Waals surface area contributed by atoms with Crippen LogP contribution in [0.5, 0.6) is 11.5 Å². The van der Waals surface area contributed by atoms with Gasteiger partial charge in [-0.15, -0.1) is 24.8 Å². The smallest absolute Gasteiger partial charge is 0.163 e. The fraction of sp³-hybridized carbons (Fsp3) is 0.364. The highest BCUT2D eigenvalue weighted by Gasteiger charge is 2.14. The first-order chi connectivity index (χ1) is 7.86. The van der Waals surface area contributed by atoms with Crippen molar-refractivity contribution >= 4 is 35.8 Å². The average Bonchev–Trinajstić information content (AvgIpc) is 2.67. The number of benzene rings is 1. The number of rotatable bonds is 2. The summed E-state index contributed by atoms with van der Waals surface area (Å²) in [5, 5.41) is 0. The Morgan fingerprint density at radius 2 is 1.83 bits per heavy atom. The Morgan fingerprint density at radius 3 is 2.50 bits per heavy atom. The zero-order valence-corrected chi connectivity index (χ0v) is 11.3. The summed E-state index contributed by atoms with van der Waals surface area (Å²) < 4.78 is 11.0. The van der Waals surface area contributed by atoms with Crippen LogP contribution in [0, 0.1) is 0 Å². The Hall–Kier alpha value is -1.17.